The smallest absolute Gasteiger partial charge is 0.331 e. The van der Waals surface area contributed by atoms with Crippen molar-refractivity contribution < 1.29 is 14.7 Å². The first-order valence-electron chi connectivity index (χ1n) is 9.63. The van der Waals surface area contributed by atoms with Gasteiger partial charge in [0.2, 0.25) is 5.91 Å². The number of thioether (sulfide) groups is 1. The molecule has 6 nitrogen and oxygen atoms in total. The average Bonchev–Trinajstić information content (AvgIpc) is 2.54. The van der Waals surface area contributed by atoms with E-state index in [9.17, 15) is 9.59 Å². The second kappa shape index (κ2) is 9.35. The van der Waals surface area contributed by atoms with Gasteiger partial charge in [-0.05, 0) is 33.2 Å². The van der Waals surface area contributed by atoms with Crippen LogP contribution in [0.1, 0.15) is 41.5 Å². The lowest BCUT2D eigenvalue weighted by atomic mass is 9.84. The van der Waals surface area contributed by atoms with Gasteiger partial charge >= 0.3 is 5.97 Å². The summed E-state index contributed by atoms with van der Waals surface area (Å²) in [5, 5.41) is 12.3. The molecule has 1 aliphatic rings. The molecule has 7 heteroatoms. The summed E-state index contributed by atoms with van der Waals surface area (Å²) in [7, 11) is 3.86. The van der Waals surface area contributed by atoms with Crippen molar-refractivity contribution >= 4 is 23.6 Å². The zero-order valence-corrected chi connectivity index (χ0v) is 19.4. The van der Waals surface area contributed by atoms with Crippen LogP contribution in [0.25, 0.3) is 0 Å². The summed E-state index contributed by atoms with van der Waals surface area (Å²) in [5.74, 6) is 0.0897. The Morgan fingerprint density at radius 2 is 2.00 bits per heavy atom. The van der Waals surface area contributed by atoms with E-state index in [2.05, 4.69) is 51.4 Å². The molecule has 160 valence electrons. The molecular formula is C21H37N3O3S. The summed E-state index contributed by atoms with van der Waals surface area (Å²) in [6, 6.07) is -0.483. The molecule has 2 unspecified atom stereocenters. The molecule has 0 aliphatic carbocycles. The van der Waals surface area contributed by atoms with E-state index in [-0.39, 0.29) is 28.2 Å². The van der Waals surface area contributed by atoms with Crippen LogP contribution in [0.15, 0.2) is 23.9 Å². The van der Waals surface area contributed by atoms with E-state index in [4.69, 9.17) is 5.11 Å². The molecule has 1 heterocycles. The SMILES string of the molecule is C=C(C(NC(=O)C1N(C)CCSC1(C)C)C(C)(C)C)N(C)C/C=C(\C)C(=O)O. The number of hydrogen-bond acceptors (Lipinski definition) is 5. The van der Waals surface area contributed by atoms with Gasteiger partial charge in [-0.1, -0.05) is 33.4 Å². The molecule has 2 N–H and O–H groups in total. The topological polar surface area (TPSA) is 72.9 Å². The van der Waals surface area contributed by atoms with Crippen LogP contribution in [0, 0.1) is 5.41 Å². The standard InChI is InChI=1S/C21H37N3O3S/c1-14(19(26)27)10-11-23(8)15(2)16(20(3,4)5)22-18(25)17-21(6,7)28-13-12-24(17)9/h10,16-17H,2,11-13H2,1,3-9H3,(H,22,25)(H,26,27)/b14-10+. The number of likely N-dealkylation sites (N-methyl/N-ethyl adjacent to an activating group) is 2. The number of carbonyl (C=O) groups excluding carboxylic acids is 1. The monoisotopic (exact) mass is 411 g/mol. The van der Waals surface area contributed by atoms with E-state index in [1.54, 1.807) is 13.0 Å². The number of hydrogen-bond donors (Lipinski definition) is 2. The van der Waals surface area contributed by atoms with E-state index in [0.29, 0.717) is 12.1 Å². The molecule has 0 spiro atoms. The van der Waals surface area contributed by atoms with E-state index < -0.39 is 5.97 Å². The third-order valence-electron chi connectivity index (χ3n) is 5.25. The summed E-state index contributed by atoms with van der Waals surface area (Å²) < 4.78 is -0.173. The van der Waals surface area contributed by atoms with Gasteiger partial charge in [0.25, 0.3) is 0 Å². The Morgan fingerprint density at radius 1 is 1.43 bits per heavy atom. The molecule has 1 amide bonds. The van der Waals surface area contributed by atoms with Gasteiger partial charge in [-0.3, -0.25) is 9.69 Å². The predicted molar refractivity (Wildman–Crippen MR) is 118 cm³/mol. The number of nitrogens with zero attached hydrogens (tertiary/aromatic N) is 2. The number of aliphatic carboxylic acids is 1. The number of carboxylic acids is 1. The summed E-state index contributed by atoms with van der Waals surface area (Å²) in [5.41, 5.74) is 0.815. The number of carboxylic acid groups (broad SMARTS) is 1. The maximum Gasteiger partial charge on any atom is 0.331 e. The van der Waals surface area contributed by atoms with Gasteiger partial charge in [0.1, 0.15) is 6.04 Å². The van der Waals surface area contributed by atoms with Crippen molar-refractivity contribution in [3.05, 3.63) is 23.9 Å². The normalized spacial score (nSPS) is 21.7. The highest BCUT2D eigenvalue weighted by atomic mass is 32.2. The second-order valence-electron chi connectivity index (χ2n) is 9.21. The third kappa shape index (κ3) is 6.27. The molecule has 2 atom stereocenters. The van der Waals surface area contributed by atoms with Crippen LogP contribution in [0.4, 0.5) is 0 Å². The largest absolute Gasteiger partial charge is 0.478 e. The van der Waals surface area contributed by atoms with E-state index >= 15 is 0 Å². The van der Waals surface area contributed by atoms with Gasteiger partial charge in [0, 0.05) is 41.9 Å². The lowest BCUT2D eigenvalue weighted by Gasteiger charge is -2.45. The Morgan fingerprint density at radius 3 is 2.46 bits per heavy atom. The lowest BCUT2D eigenvalue weighted by Crippen LogP contribution is -2.61. The molecule has 0 saturated carbocycles. The van der Waals surface area contributed by atoms with Crippen molar-refractivity contribution in [2.75, 3.05) is 32.9 Å². The van der Waals surface area contributed by atoms with E-state index in [1.165, 1.54) is 0 Å². The fourth-order valence-corrected chi connectivity index (χ4v) is 4.78. The molecule has 0 aromatic carbocycles. The Bertz CT molecular complexity index is 637. The summed E-state index contributed by atoms with van der Waals surface area (Å²) in [6.45, 7) is 17.5. The highest BCUT2D eigenvalue weighted by Crippen LogP contribution is 2.35. The van der Waals surface area contributed by atoms with Crippen LogP contribution in [0.2, 0.25) is 0 Å². The van der Waals surface area contributed by atoms with E-state index in [0.717, 1.165) is 18.0 Å². The molecule has 1 aliphatic heterocycles. The Labute approximate surface area is 174 Å². The highest BCUT2D eigenvalue weighted by Gasteiger charge is 2.43. The quantitative estimate of drug-likeness (QED) is 0.628. The lowest BCUT2D eigenvalue weighted by molar-refractivity contribution is -0.132. The Kier molecular flexibility index (Phi) is 8.21. The first-order chi connectivity index (χ1) is 12.7. The molecular weight excluding hydrogens is 374 g/mol. The Hall–Kier alpha value is -1.47. The zero-order valence-electron chi connectivity index (χ0n) is 18.6. The van der Waals surface area contributed by atoms with Crippen LogP contribution in [-0.2, 0) is 9.59 Å². The minimum Gasteiger partial charge on any atom is -0.478 e. The predicted octanol–water partition coefficient (Wildman–Crippen LogP) is 2.82. The van der Waals surface area contributed by atoms with Gasteiger partial charge in [-0.2, -0.15) is 11.8 Å². The van der Waals surface area contributed by atoms with Gasteiger partial charge in [-0.15, -0.1) is 0 Å². The van der Waals surface area contributed by atoms with Crippen LogP contribution in [0.3, 0.4) is 0 Å². The third-order valence-corrected chi connectivity index (χ3v) is 6.60. The summed E-state index contributed by atoms with van der Waals surface area (Å²) >= 11 is 1.83. The van der Waals surface area contributed by atoms with Crippen molar-refractivity contribution in [1.82, 2.24) is 15.1 Å². The van der Waals surface area contributed by atoms with Gasteiger partial charge < -0.3 is 15.3 Å². The zero-order chi connectivity index (χ0) is 21.9. The molecule has 1 rings (SSSR count). The summed E-state index contributed by atoms with van der Waals surface area (Å²) in [6.07, 6.45) is 1.66. The van der Waals surface area contributed by atoms with E-state index in [1.807, 2.05) is 30.8 Å². The van der Waals surface area contributed by atoms with Gasteiger partial charge in [0.05, 0.1) is 6.04 Å². The van der Waals surface area contributed by atoms with Gasteiger partial charge in [-0.25, -0.2) is 4.79 Å². The molecule has 1 saturated heterocycles. The highest BCUT2D eigenvalue weighted by molar-refractivity contribution is 8.00. The van der Waals surface area contributed by atoms with Crippen molar-refractivity contribution in [3.63, 3.8) is 0 Å². The molecule has 28 heavy (non-hydrogen) atoms. The van der Waals surface area contributed by atoms with Crippen LogP contribution < -0.4 is 5.32 Å². The second-order valence-corrected chi connectivity index (χ2v) is 11.0. The van der Waals surface area contributed by atoms with Crippen molar-refractivity contribution in [1.29, 1.82) is 0 Å². The molecule has 0 radical (unpaired) electrons. The minimum atomic E-state index is -0.931. The maximum atomic E-state index is 13.2. The number of rotatable bonds is 7. The van der Waals surface area contributed by atoms with Crippen molar-refractivity contribution in [3.8, 4) is 0 Å². The van der Waals surface area contributed by atoms with Crippen LogP contribution in [-0.4, -0.2) is 76.6 Å². The van der Waals surface area contributed by atoms with Crippen LogP contribution >= 0.6 is 11.8 Å². The fourth-order valence-electron chi connectivity index (χ4n) is 3.43. The first kappa shape index (κ1) is 24.6. The van der Waals surface area contributed by atoms with Crippen molar-refractivity contribution in [2.45, 2.75) is 58.4 Å². The summed E-state index contributed by atoms with van der Waals surface area (Å²) in [4.78, 5) is 28.3. The minimum absolute atomic E-state index is 0.00596. The van der Waals surface area contributed by atoms with Crippen molar-refractivity contribution in [2.24, 2.45) is 5.41 Å². The van der Waals surface area contributed by atoms with Crippen LogP contribution in [0.5, 0.6) is 0 Å². The molecule has 1 fully saturated rings. The number of amides is 1. The fraction of sp³-hybridized carbons (Fsp3) is 0.714. The molecule has 0 aromatic heterocycles. The Balaban J connectivity index is 2.99. The molecule has 0 aromatic rings. The number of carbonyl (C=O) groups is 2. The average molecular weight is 412 g/mol. The maximum absolute atomic E-state index is 13.2. The van der Waals surface area contributed by atoms with Gasteiger partial charge in [0.15, 0.2) is 0 Å². The first-order valence-corrected chi connectivity index (χ1v) is 10.6. The number of nitrogens with one attached hydrogen (secondary N) is 1. The molecule has 0 bridgehead atoms.